The molecule has 2 aromatic rings. The van der Waals surface area contributed by atoms with Gasteiger partial charge in [-0.15, -0.1) is 0 Å². The number of nitrogens with one attached hydrogen (secondary N) is 1. The number of nitrogens with zero attached hydrogens (tertiary/aromatic N) is 1. The van der Waals surface area contributed by atoms with Crippen LogP contribution >= 0.6 is 0 Å². The van der Waals surface area contributed by atoms with Crippen molar-refractivity contribution in [3.05, 3.63) is 80.9 Å². The molecule has 2 aromatic carbocycles. The number of anilines is 1. The molecule has 140 valence electrons. The summed E-state index contributed by atoms with van der Waals surface area (Å²) in [5.74, 6) is 0.617. The molecule has 4 nitrogen and oxygen atoms in total. The van der Waals surface area contributed by atoms with Crippen molar-refractivity contribution >= 4 is 11.4 Å². The van der Waals surface area contributed by atoms with Gasteiger partial charge in [0.1, 0.15) is 0 Å². The third kappa shape index (κ3) is 3.03. The zero-order chi connectivity index (χ0) is 19.3. The Bertz CT molecular complexity index is 923. The minimum atomic E-state index is -0.293. The molecule has 4 heteroatoms. The number of allylic oxidation sites excluding steroid dienone is 2. The van der Waals surface area contributed by atoms with E-state index in [0.29, 0.717) is 5.92 Å². The Hall–Kier alpha value is -2.62. The maximum Gasteiger partial charge on any atom is 0.270 e. The molecule has 1 aliphatic carbocycles. The normalized spacial score (nSPS) is 23.5. The number of nitro benzene ring substituents is 1. The van der Waals surface area contributed by atoms with Gasteiger partial charge in [0.2, 0.25) is 0 Å². The van der Waals surface area contributed by atoms with Gasteiger partial charge in [-0.1, -0.05) is 57.2 Å². The van der Waals surface area contributed by atoms with E-state index in [1.807, 2.05) is 6.92 Å². The molecule has 2 aliphatic rings. The SMILES string of the molecule is Cc1cc([N+](=O)[O-])cc2c1N[C@H](c1ccc(C(C)(C)C)cc1)[C@@H]1CC=C[C@@H]21. The molecular weight excluding hydrogens is 336 g/mol. The maximum atomic E-state index is 11.3. The lowest BCUT2D eigenvalue weighted by Crippen LogP contribution is -2.29. The predicted molar refractivity (Wildman–Crippen MR) is 109 cm³/mol. The van der Waals surface area contributed by atoms with Gasteiger partial charge >= 0.3 is 0 Å². The maximum absolute atomic E-state index is 11.3. The Morgan fingerprint density at radius 3 is 2.48 bits per heavy atom. The molecule has 0 amide bonds. The van der Waals surface area contributed by atoms with Gasteiger partial charge in [-0.3, -0.25) is 10.1 Å². The molecule has 3 atom stereocenters. The van der Waals surface area contributed by atoms with Crippen LogP contribution in [0.3, 0.4) is 0 Å². The van der Waals surface area contributed by atoms with E-state index < -0.39 is 0 Å². The number of hydrogen-bond donors (Lipinski definition) is 1. The van der Waals surface area contributed by atoms with Crippen molar-refractivity contribution in [2.45, 2.75) is 51.5 Å². The standard InChI is InChI=1S/C23H26N2O2/c1-14-12-17(25(26)27)13-20-18-6-5-7-19(18)22(24-21(14)20)15-8-10-16(11-9-15)23(2,3)4/h5-6,8-13,18-19,22,24H,7H2,1-4H3/t18-,19-,22-/m1/s1. The highest BCUT2D eigenvalue weighted by molar-refractivity contribution is 5.67. The van der Waals surface area contributed by atoms with Crippen molar-refractivity contribution in [3.8, 4) is 0 Å². The zero-order valence-electron chi connectivity index (χ0n) is 16.3. The second-order valence-electron chi connectivity index (χ2n) is 8.83. The molecule has 0 saturated heterocycles. The summed E-state index contributed by atoms with van der Waals surface area (Å²) in [6.45, 7) is 8.64. The summed E-state index contributed by atoms with van der Waals surface area (Å²) in [5.41, 5.74) is 5.98. The fourth-order valence-corrected chi connectivity index (χ4v) is 4.49. The highest BCUT2D eigenvalue weighted by atomic mass is 16.6. The molecule has 0 bridgehead atoms. The number of nitro groups is 1. The fourth-order valence-electron chi connectivity index (χ4n) is 4.49. The first kappa shape index (κ1) is 17.8. The molecule has 4 rings (SSSR count). The summed E-state index contributed by atoms with van der Waals surface area (Å²) >= 11 is 0. The van der Waals surface area contributed by atoms with Crippen LogP contribution in [0.1, 0.15) is 61.4 Å². The van der Waals surface area contributed by atoms with E-state index in [1.165, 1.54) is 11.1 Å². The molecule has 0 saturated carbocycles. The quantitative estimate of drug-likeness (QED) is 0.403. The molecule has 1 N–H and O–H groups in total. The Kier molecular flexibility index (Phi) is 4.10. The van der Waals surface area contributed by atoms with E-state index in [1.54, 1.807) is 12.1 Å². The van der Waals surface area contributed by atoms with Crippen molar-refractivity contribution in [1.82, 2.24) is 0 Å². The lowest BCUT2D eigenvalue weighted by atomic mass is 9.75. The molecule has 0 radical (unpaired) electrons. The lowest BCUT2D eigenvalue weighted by molar-refractivity contribution is -0.385. The van der Waals surface area contributed by atoms with Gasteiger partial charge in [0.15, 0.2) is 0 Å². The minimum absolute atomic E-state index is 0.137. The number of fused-ring (bicyclic) bond motifs is 3. The van der Waals surface area contributed by atoms with Crippen molar-refractivity contribution in [2.75, 3.05) is 5.32 Å². The minimum Gasteiger partial charge on any atom is -0.377 e. The summed E-state index contributed by atoms with van der Waals surface area (Å²) in [4.78, 5) is 11.0. The number of rotatable bonds is 2. The average molecular weight is 362 g/mol. The summed E-state index contributed by atoms with van der Waals surface area (Å²) < 4.78 is 0. The van der Waals surface area contributed by atoms with Gasteiger partial charge in [0, 0.05) is 23.7 Å². The van der Waals surface area contributed by atoms with Crippen LogP contribution in [0, 0.1) is 23.0 Å². The van der Waals surface area contributed by atoms with Gasteiger partial charge in [0.05, 0.1) is 11.0 Å². The van der Waals surface area contributed by atoms with Gasteiger partial charge in [-0.25, -0.2) is 0 Å². The van der Waals surface area contributed by atoms with Crippen LogP contribution in [0.5, 0.6) is 0 Å². The monoisotopic (exact) mass is 362 g/mol. The zero-order valence-corrected chi connectivity index (χ0v) is 16.3. The van der Waals surface area contributed by atoms with Crippen LogP contribution in [0.15, 0.2) is 48.6 Å². The predicted octanol–water partition coefficient (Wildman–Crippen LogP) is 6.03. The van der Waals surface area contributed by atoms with E-state index in [2.05, 4.69) is 62.5 Å². The van der Waals surface area contributed by atoms with Crippen LogP contribution in [-0.2, 0) is 5.41 Å². The van der Waals surface area contributed by atoms with Gasteiger partial charge in [-0.2, -0.15) is 0 Å². The Balaban J connectivity index is 1.75. The third-order valence-electron chi connectivity index (χ3n) is 6.00. The molecule has 0 spiro atoms. The summed E-state index contributed by atoms with van der Waals surface area (Å²) in [5, 5.41) is 15.0. The van der Waals surface area contributed by atoms with Crippen LogP contribution in [-0.4, -0.2) is 4.92 Å². The number of aryl methyl sites for hydroxylation is 1. The molecule has 1 heterocycles. The lowest BCUT2D eigenvalue weighted by Gasteiger charge is -2.38. The number of benzene rings is 2. The molecular formula is C23H26N2O2. The first-order valence-electron chi connectivity index (χ1n) is 9.58. The van der Waals surface area contributed by atoms with E-state index >= 15 is 0 Å². The van der Waals surface area contributed by atoms with Crippen LogP contribution in [0.25, 0.3) is 0 Å². The van der Waals surface area contributed by atoms with Crippen molar-refractivity contribution in [1.29, 1.82) is 0 Å². The van der Waals surface area contributed by atoms with E-state index in [0.717, 1.165) is 23.2 Å². The van der Waals surface area contributed by atoms with E-state index in [4.69, 9.17) is 0 Å². The smallest absolute Gasteiger partial charge is 0.270 e. The average Bonchev–Trinajstić information content (AvgIpc) is 3.10. The number of non-ortho nitro benzene ring substituents is 1. The second kappa shape index (κ2) is 6.22. The highest BCUT2D eigenvalue weighted by Gasteiger charge is 2.39. The summed E-state index contributed by atoms with van der Waals surface area (Å²) in [6.07, 6.45) is 5.44. The first-order valence-corrected chi connectivity index (χ1v) is 9.58. The van der Waals surface area contributed by atoms with Crippen LogP contribution < -0.4 is 5.32 Å². The van der Waals surface area contributed by atoms with Gasteiger partial charge in [0.25, 0.3) is 5.69 Å². The summed E-state index contributed by atoms with van der Waals surface area (Å²) in [6, 6.07) is 12.6. The van der Waals surface area contributed by atoms with Crippen molar-refractivity contribution < 1.29 is 4.92 Å². The van der Waals surface area contributed by atoms with E-state index in [-0.39, 0.29) is 28.0 Å². The topological polar surface area (TPSA) is 55.2 Å². The molecule has 0 unspecified atom stereocenters. The highest BCUT2D eigenvalue weighted by Crippen LogP contribution is 2.51. The molecule has 1 aliphatic heterocycles. The van der Waals surface area contributed by atoms with Crippen LogP contribution in [0.4, 0.5) is 11.4 Å². The molecule has 0 aromatic heterocycles. The van der Waals surface area contributed by atoms with Crippen LogP contribution in [0.2, 0.25) is 0 Å². The van der Waals surface area contributed by atoms with Gasteiger partial charge in [-0.05, 0) is 46.9 Å². The summed E-state index contributed by atoms with van der Waals surface area (Å²) in [7, 11) is 0. The largest absolute Gasteiger partial charge is 0.377 e. The van der Waals surface area contributed by atoms with Gasteiger partial charge < -0.3 is 5.32 Å². The van der Waals surface area contributed by atoms with Crippen molar-refractivity contribution in [2.24, 2.45) is 5.92 Å². The number of hydrogen-bond acceptors (Lipinski definition) is 3. The Morgan fingerprint density at radius 2 is 1.85 bits per heavy atom. The Morgan fingerprint density at radius 1 is 1.15 bits per heavy atom. The fraction of sp³-hybridized carbons (Fsp3) is 0.391. The van der Waals surface area contributed by atoms with Crippen molar-refractivity contribution in [3.63, 3.8) is 0 Å². The molecule has 27 heavy (non-hydrogen) atoms. The first-order chi connectivity index (χ1) is 12.8. The second-order valence-corrected chi connectivity index (χ2v) is 8.83. The van der Waals surface area contributed by atoms with E-state index in [9.17, 15) is 10.1 Å². The third-order valence-corrected chi connectivity index (χ3v) is 6.00. The Labute approximate surface area is 160 Å². The molecule has 0 fully saturated rings.